The zero-order valence-electron chi connectivity index (χ0n) is 14.8. The number of hydrogen-bond donors (Lipinski definition) is 0. The molecule has 0 saturated carbocycles. The average Bonchev–Trinajstić information content (AvgIpc) is 3.20. The second-order valence-electron chi connectivity index (χ2n) is 5.50. The second-order valence-corrected chi connectivity index (χ2v) is 7.14. The van der Waals surface area contributed by atoms with E-state index in [1.165, 1.54) is 0 Å². The van der Waals surface area contributed by atoms with Gasteiger partial charge in [0, 0.05) is 0 Å². The first kappa shape index (κ1) is 18.5. The molecule has 0 atom stereocenters. The SMILES string of the molecule is CCSc1nnc(C)n1/N=C\c1ccc(COc2c(C)cccc2Cl)o1. The summed E-state index contributed by atoms with van der Waals surface area (Å²) in [5.41, 5.74) is 0.981. The van der Waals surface area contributed by atoms with Crippen molar-refractivity contribution in [2.45, 2.75) is 32.5 Å². The topological polar surface area (TPSA) is 65.4 Å². The van der Waals surface area contributed by atoms with Crippen LogP contribution in [0.1, 0.15) is 29.8 Å². The third-order valence-electron chi connectivity index (χ3n) is 3.55. The Morgan fingerprint density at radius 2 is 2.12 bits per heavy atom. The van der Waals surface area contributed by atoms with E-state index < -0.39 is 0 Å². The van der Waals surface area contributed by atoms with Gasteiger partial charge in [-0.15, -0.1) is 10.2 Å². The molecular weight excluding hydrogens is 372 g/mol. The van der Waals surface area contributed by atoms with Crippen molar-refractivity contribution in [2.24, 2.45) is 5.10 Å². The molecule has 1 aromatic carbocycles. The van der Waals surface area contributed by atoms with Crippen LogP contribution in [0.25, 0.3) is 0 Å². The molecule has 6 nitrogen and oxygen atoms in total. The fraction of sp³-hybridized carbons (Fsp3) is 0.278. The molecule has 0 bridgehead atoms. The van der Waals surface area contributed by atoms with Crippen LogP contribution in [0.3, 0.4) is 0 Å². The molecule has 0 spiro atoms. The van der Waals surface area contributed by atoms with Crippen molar-refractivity contribution in [3.63, 3.8) is 0 Å². The Kier molecular flexibility index (Phi) is 6.00. The molecule has 0 aliphatic heterocycles. The van der Waals surface area contributed by atoms with Gasteiger partial charge in [0.2, 0.25) is 5.16 Å². The number of nitrogens with zero attached hydrogens (tertiary/aromatic N) is 4. The van der Waals surface area contributed by atoms with Crippen LogP contribution in [-0.2, 0) is 6.61 Å². The monoisotopic (exact) mass is 390 g/mol. The molecule has 3 aromatic rings. The maximum Gasteiger partial charge on any atom is 0.212 e. The summed E-state index contributed by atoms with van der Waals surface area (Å²) in [6, 6.07) is 9.35. The van der Waals surface area contributed by atoms with Crippen molar-refractivity contribution in [3.05, 3.63) is 58.3 Å². The number of halogens is 1. The Morgan fingerprint density at radius 3 is 2.88 bits per heavy atom. The van der Waals surface area contributed by atoms with Gasteiger partial charge in [-0.05, 0) is 43.4 Å². The Balaban J connectivity index is 1.68. The number of benzene rings is 1. The second kappa shape index (κ2) is 8.42. The predicted octanol–water partition coefficient (Wildman–Crippen LogP) is 4.71. The summed E-state index contributed by atoms with van der Waals surface area (Å²) in [5, 5.41) is 13.9. The fourth-order valence-corrected chi connectivity index (χ4v) is 3.22. The van der Waals surface area contributed by atoms with Crippen molar-refractivity contribution in [1.29, 1.82) is 0 Å². The average molecular weight is 391 g/mol. The maximum atomic E-state index is 6.17. The van der Waals surface area contributed by atoms with Gasteiger partial charge in [-0.2, -0.15) is 9.78 Å². The summed E-state index contributed by atoms with van der Waals surface area (Å²) < 4.78 is 13.2. The molecule has 0 radical (unpaired) electrons. The quantitative estimate of drug-likeness (QED) is 0.431. The van der Waals surface area contributed by atoms with E-state index in [-0.39, 0.29) is 0 Å². The van der Waals surface area contributed by atoms with Gasteiger partial charge in [0.1, 0.15) is 23.9 Å². The first-order valence-electron chi connectivity index (χ1n) is 8.14. The van der Waals surface area contributed by atoms with E-state index in [1.54, 1.807) is 28.7 Å². The largest absolute Gasteiger partial charge is 0.484 e. The number of hydrogen-bond acceptors (Lipinski definition) is 6. The summed E-state index contributed by atoms with van der Waals surface area (Å²) >= 11 is 7.75. The van der Waals surface area contributed by atoms with Crippen LogP contribution >= 0.6 is 23.4 Å². The number of aromatic nitrogens is 3. The van der Waals surface area contributed by atoms with Crippen LogP contribution in [0.4, 0.5) is 0 Å². The molecule has 136 valence electrons. The minimum atomic E-state index is 0.293. The van der Waals surface area contributed by atoms with Crippen LogP contribution in [0.15, 0.2) is 45.0 Å². The number of thioether (sulfide) groups is 1. The van der Waals surface area contributed by atoms with Gasteiger partial charge >= 0.3 is 0 Å². The van der Waals surface area contributed by atoms with Crippen molar-refractivity contribution in [2.75, 3.05) is 5.75 Å². The number of para-hydroxylation sites is 1. The lowest BCUT2D eigenvalue weighted by molar-refractivity contribution is 0.268. The van der Waals surface area contributed by atoms with Gasteiger partial charge < -0.3 is 9.15 Å². The molecule has 2 aromatic heterocycles. The third-order valence-corrected chi connectivity index (χ3v) is 4.65. The van der Waals surface area contributed by atoms with Gasteiger partial charge in [-0.1, -0.05) is 42.4 Å². The Labute approximate surface area is 161 Å². The van der Waals surface area contributed by atoms with Gasteiger partial charge in [0.05, 0.1) is 11.2 Å². The first-order chi connectivity index (χ1) is 12.6. The Hall–Kier alpha value is -2.25. The summed E-state index contributed by atoms with van der Waals surface area (Å²) in [7, 11) is 0. The minimum absolute atomic E-state index is 0.293. The molecular formula is C18H19ClN4O2S. The van der Waals surface area contributed by atoms with Gasteiger partial charge in [0.25, 0.3) is 0 Å². The van der Waals surface area contributed by atoms with Gasteiger partial charge in [-0.3, -0.25) is 0 Å². The molecule has 2 heterocycles. The maximum absolute atomic E-state index is 6.17. The number of furan rings is 1. The molecule has 8 heteroatoms. The van der Waals surface area contributed by atoms with Crippen LogP contribution in [-0.4, -0.2) is 26.8 Å². The van der Waals surface area contributed by atoms with E-state index in [2.05, 4.69) is 22.2 Å². The smallest absolute Gasteiger partial charge is 0.212 e. The van der Waals surface area contributed by atoms with Crippen LogP contribution in [0, 0.1) is 13.8 Å². The highest BCUT2D eigenvalue weighted by Gasteiger charge is 2.09. The van der Waals surface area contributed by atoms with E-state index in [9.17, 15) is 0 Å². The third kappa shape index (κ3) is 4.28. The van der Waals surface area contributed by atoms with E-state index >= 15 is 0 Å². The van der Waals surface area contributed by atoms with Crippen molar-refractivity contribution in [1.82, 2.24) is 14.9 Å². The highest BCUT2D eigenvalue weighted by Crippen LogP contribution is 2.28. The highest BCUT2D eigenvalue weighted by molar-refractivity contribution is 7.99. The number of rotatable bonds is 7. The van der Waals surface area contributed by atoms with E-state index in [4.69, 9.17) is 20.8 Å². The molecule has 0 aliphatic carbocycles. The van der Waals surface area contributed by atoms with E-state index in [0.29, 0.717) is 28.9 Å². The number of aryl methyl sites for hydroxylation is 2. The van der Waals surface area contributed by atoms with Crippen molar-refractivity contribution < 1.29 is 9.15 Å². The van der Waals surface area contributed by atoms with Crippen LogP contribution < -0.4 is 4.74 Å². The highest BCUT2D eigenvalue weighted by atomic mass is 35.5. The van der Waals surface area contributed by atoms with Crippen LogP contribution in [0.2, 0.25) is 5.02 Å². The van der Waals surface area contributed by atoms with Gasteiger partial charge in [-0.25, -0.2) is 0 Å². The lowest BCUT2D eigenvalue weighted by atomic mass is 10.2. The van der Waals surface area contributed by atoms with Crippen molar-refractivity contribution in [3.8, 4) is 5.75 Å². The minimum Gasteiger partial charge on any atom is -0.484 e. The molecule has 0 aliphatic rings. The summed E-state index contributed by atoms with van der Waals surface area (Å²) in [6.07, 6.45) is 1.64. The molecule has 0 amide bonds. The predicted molar refractivity (Wildman–Crippen MR) is 103 cm³/mol. The zero-order valence-corrected chi connectivity index (χ0v) is 16.3. The lowest BCUT2D eigenvalue weighted by Crippen LogP contribution is -1.97. The van der Waals surface area contributed by atoms with Crippen LogP contribution in [0.5, 0.6) is 5.75 Å². The van der Waals surface area contributed by atoms with Gasteiger partial charge in [0.15, 0.2) is 5.82 Å². The summed E-state index contributed by atoms with van der Waals surface area (Å²) in [4.78, 5) is 0. The van der Waals surface area contributed by atoms with E-state index in [0.717, 1.165) is 22.3 Å². The molecule has 26 heavy (non-hydrogen) atoms. The molecule has 0 fully saturated rings. The summed E-state index contributed by atoms with van der Waals surface area (Å²) in [6.45, 7) is 6.16. The first-order valence-corrected chi connectivity index (χ1v) is 9.50. The molecule has 0 saturated heterocycles. The number of ether oxygens (including phenoxy) is 1. The fourth-order valence-electron chi connectivity index (χ4n) is 2.29. The normalized spacial score (nSPS) is 11.4. The molecule has 3 rings (SSSR count). The Morgan fingerprint density at radius 1 is 1.27 bits per heavy atom. The standard InChI is InChI=1S/C18H19ClN4O2S/c1-4-26-18-22-21-13(3)23(18)20-10-14-8-9-15(25-14)11-24-17-12(2)6-5-7-16(17)19/h5-10H,4,11H2,1-3H3/b20-10-. The lowest BCUT2D eigenvalue weighted by Gasteiger charge is -2.09. The van der Waals surface area contributed by atoms with E-state index in [1.807, 2.05) is 38.1 Å². The van der Waals surface area contributed by atoms with Crippen molar-refractivity contribution >= 4 is 29.6 Å². The Bertz CT molecular complexity index is 900. The molecule has 0 unspecified atom stereocenters. The summed E-state index contributed by atoms with van der Waals surface area (Å²) in [5.74, 6) is 3.61. The molecule has 0 N–H and O–H groups in total. The zero-order chi connectivity index (χ0) is 18.5.